The molecular weight excluding hydrogens is 382 g/mol. The van der Waals surface area contributed by atoms with E-state index in [4.69, 9.17) is 46.4 Å². The van der Waals surface area contributed by atoms with Crippen LogP contribution in [-0.2, 0) is 0 Å². The Hall–Kier alpha value is -1.26. The maximum absolute atomic E-state index is 12.8. The molecule has 3 nitrogen and oxygen atoms in total. The standard InChI is InChI=1S/C16H10Cl4O3/c1-6-3-4-8(7(2)5-6)15(21)9-10(16(22)23)12(18)14(20)13(19)11(9)17/h3-5H,1-2H3,(H,22,23). The molecule has 0 fully saturated rings. The van der Waals surface area contributed by atoms with Crippen LogP contribution in [0.2, 0.25) is 20.1 Å². The van der Waals surface area contributed by atoms with Gasteiger partial charge in [-0.05, 0) is 19.4 Å². The monoisotopic (exact) mass is 390 g/mol. The average molecular weight is 392 g/mol. The van der Waals surface area contributed by atoms with Crippen LogP contribution in [-0.4, -0.2) is 16.9 Å². The first-order valence-corrected chi connectivity index (χ1v) is 7.89. The van der Waals surface area contributed by atoms with Gasteiger partial charge in [-0.15, -0.1) is 0 Å². The van der Waals surface area contributed by atoms with Crippen molar-refractivity contribution in [2.45, 2.75) is 13.8 Å². The summed E-state index contributed by atoms with van der Waals surface area (Å²) < 4.78 is 0. The number of halogens is 4. The zero-order valence-electron chi connectivity index (χ0n) is 12.0. The highest BCUT2D eigenvalue weighted by Gasteiger charge is 2.29. The number of aryl methyl sites for hydroxylation is 2. The van der Waals surface area contributed by atoms with Crippen LogP contribution in [0.25, 0.3) is 0 Å². The van der Waals surface area contributed by atoms with Crippen molar-refractivity contribution >= 4 is 58.2 Å². The van der Waals surface area contributed by atoms with Gasteiger partial charge >= 0.3 is 5.97 Å². The van der Waals surface area contributed by atoms with Crippen LogP contribution < -0.4 is 0 Å². The quantitative estimate of drug-likeness (QED) is 0.405. The fourth-order valence-corrected chi connectivity index (χ4v) is 3.27. The van der Waals surface area contributed by atoms with Crippen molar-refractivity contribution in [2.75, 3.05) is 0 Å². The Morgan fingerprint density at radius 2 is 1.39 bits per heavy atom. The van der Waals surface area contributed by atoms with Crippen LogP contribution in [0, 0.1) is 13.8 Å². The second kappa shape index (κ2) is 6.70. The van der Waals surface area contributed by atoms with Crippen LogP contribution in [0.1, 0.15) is 37.4 Å². The number of benzene rings is 2. The minimum absolute atomic E-state index is 0.156. The van der Waals surface area contributed by atoms with Gasteiger partial charge in [0, 0.05) is 5.56 Å². The number of carbonyl (C=O) groups is 2. The smallest absolute Gasteiger partial charge is 0.338 e. The Morgan fingerprint density at radius 1 is 0.870 bits per heavy atom. The van der Waals surface area contributed by atoms with Gasteiger partial charge < -0.3 is 5.11 Å². The van der Waals surface area contributed by atoms with E-state index >= 15 is 0 Å². The van der Waals surface area contributed by atoms with Crippen molar-refractivity contribution in [3.05, 3.63) is 66.1 Å². The molecule has 0 bridgehead atoms. The molecule has 0 aromatic heterocycles. The first-order valence-electron chi connectivity index (χ1n) is 6.38. The molecule has 0 radical (unpaired) electrons. The lowest BCUT2D eigenvalue weighted by molar-refractivity contribution is 0.0693. The highest BCUT2D eigenvalue weighted by molar-refractivity contribution is 6.54. The van der Waals surface area contributed by atoms with Gasteiger partial charge in [0.05, 0.1) is 31.2 Å². The summed E-state index contributed by atoms with van der Waals surface area (Å²) in [5.74, 6) is -1.99. The molecule has 0 aliphatic carbocycles. The summed E-state index contributed by atoms with van der Waals surface area (Å²) in [4.78, 5) is 24.4. The van der Waals surface area contributed by atoms with Crippen LogP contribution in [0.3, 0.4) is 0 Å². The zero-order valence-corrected chi connectivity index (χ0v) is 15.0. The van der Waals surface area contributed by atoms with Gasteiger partial charge in [-0.2, -0.15) is 0 Å². The van der Waals surface area contributed by atoms with Gasteiger partial charge in [-0.25, -0.2) is 4.79 Å². The number of aromatic carboxylic acids is 1. The van der Waals surface area contributed by atoms with E-state index in [1.165, 1.54) is 0 Å². The normalized spacial score (nSPS) is 10.7. The van der Waals surface area contributed by atoms with Crippen molar-refractivity contribution < 1.29 is 14.7 Å². The summed E-state index contributed by atoms with van der Waals surface area (Å²) in [6, 6.07) is 5.15. The maximum atomic E-state index is 12.8. The Kier molecular flexibility index (Phi) is 5.27. The van der Waals surface area contributed by atoms with E-state index in [0.29, 0.717) is 11.1 Å². The minimum Gasteiger partial charge on any atom is -0.478 e. The molecule has 0 heterocycles. The van der Waals surface area contributed by atoms with Gasteiger partial charge in [-0.3, -0.25) is 4.79 Å². The van der Waals surface area contributed by atoms with Crippen molar-refractivity contribution in [1.29, 1.82) is 0 Å². The average Bonchev–Trinajstić information content (AvgIpc) is 2.47. The fourth-order valence-electron chi connectivity index (χ4n) is 2.25. The molecule has 2 aromatic rings. The summed E-state index contributed by atoms with van der Waals surface area (Å²) in [5.41, 5.74) is 1.23. The van der Waals surface area contributed by atoms with E-state index in [-0.39, 0.29) is 25.7 Å². The molecule has 0 saturated carbocycles. The van der Waals surface area contributed by atoms with Crippen molar-refractivity contribution in [2.24, 2.45) is 0 Å². The predicted molar refractivity (Wildman–Crippen MR) is 92.8 cm³/mol. The molecule has 0 amide bonds. The Labute approximate surface area is 152 Å². The van der Waals surface area contributed by atoms with E-state index < -0.39 is 17.3 Å². The lowest BCUT2D eigenvalue weighted by Gasteiger charge is -2.14. The van der Waals surface area contributed by atoms with Crippen LogP contribution in [0.5, 0.6) is 0 Å². The third-order valence-electron chi connectivity index (χ3n) is 3.33. The topological polar surface area (TPSA) is 54.4 Å². The zero-order chi connectivity index (χ0) is 17.5. The summed E-state index contributed by atoms with van der Waals surface area (Å²) in [7, 11) is 0. The second-order valence-electron chi connectivity index (χ2n) is 4.96. The van der Waals surface area contributed by atoms with E-state index in [0.717, 1.165) is 5.56 Å². The first-order chi connectivity index (χ1) is 10.7. The molecular formula is C16H10Cl4O3. The highest BCUT2D eigenvalue weighted by atomic mass is 35.5. The first kappa shape index (κ1) is 18.1. The summed E-state index contributed by atoms with van der Waals surface area (Å²) >= 11 is 23.9. The molecule has 0 saturated heterocycles. The third kappa shape index (κ3) is 3.20. The van der Waals surface area contributed by atoms with Gasteiger partial charge in [-0.1, -0.05) is 70.2 Å². The number of hydrogen-bond acceptors (Lipinski definition) is 2. The SMILES string of the molecule is Cc1ccc(C(=O)c2c(Cl)c(Cl)c(Cl)c(Cl)c2C(=O)O)c(C)c1. The number of rotatable bonds is 3. The Morgan fingerprint density at radius 3 is 1.87 bits per heavy atom. The van der Waals surface area contributed by atoms with Crippen LogP contribution in [0.4, 0.5) is 0 Å². The van der Waals surface area contributed by atoms with Gasteiger partial charge in [0.25, 0.3) is 0 Å². The van der Waals surface area contributed by atoms with Crippen molar-refractivity contribution in [3.8, 4) is 0 Å². The predicted octanol–water partition coefficient (Wildman–Crippen LogP) is 5.85. The second-order valence-corrected chi connectivity index (χ2v) is 6.47. The molecule has 0 spiro atoms. The van der Waals surface area contributed by atoms with Gasteiger partial charge in [0.15, 0.2) is 5.78 Å². The third-order valence-corrected chi connectivity index (χ3v) is 5.14. The van der Waals surface area contributed by atoms with Crippen molar-refractivity contribution in [1.82, 2.24) is 0 Å². The molecule has 2 aromatic carbocycles. The lowest BCUT2D eigenvalue weighted by atomic mass is 9.94. The van der Waals surface area contributed by atoms with E-state index in [1.807, 2.05) is 6.92 Å². The molecule has 0 aliphatic heterocycles. The number of carbonyl (C=O) groups excluding carboxylic acids is 1. The number of carboxylic acids is 1. The van der Waals surface area contributed by atoms with Gasteiger partial charge in [0.2, 0.25) is 0 Å². The Balaban J connectivity index is 2.81. The molecule has 120 valence electrons. The molecule has 0 unspecified atom stereocenters. The number of ketones is 1. The Bertz CT molecular complexity index is 844. The summed E-state index contributed by atoms with van der Waals surface area (Å²) in [6.45, 7) is 3.63. The molecule has 0 atom stereocenters. The maximum Gasteiger partial charge on any atom is 0.338 e. The highest BCUT2D eigenvalue weighted by Crippen LogP contribution is 2.42. The molecule has 1 N–H and O–H groups in total. The molecule has 23 heavy (non-hydrogen) atoms. The molecule has 0 aliphatic rings. The summed E-state index contributed by atoms with van der Waals surface area (Å²) in [6.07, 6.45) is 0. The van der Waals surface area contributed by atoms with Gasteiger partial charge in [0.1, 0.15) is 0 Å². The summed E-state index contributed by atoms with van der Waals surface area (Å²) in [5, 5.41) is 8.49. The largest absolute Gasteiger partial charge is 0.478 e. The van der Waals surface area contributed by atoms with Crippen molar-refractivity contribution in [3.63, 3.8) is 0 Å². The fraction of sp³-hybridized carbons (Fsp3) is 0.125. The van der Waals surface area contributed by atoms with Crippen LogP contribution >= 0.6 is 46.4 Å². The minimum atomic E-state index is -1.41. The van der Waals surface area contributed by atoms with E-state index in [9.17, 15) is 14.7 Å². The lowest BCUT2D eigenvalue weighted by Crippen LogP contribution is -2.13. The number of carboxylic acid groups (broad SMARTS) is 1. The molecule has 7 heteroatoms. The molecule has 2 rings (SSSR count). The van der Waals surface area contributed by atoms with Crippen LogP contribution in [0.15, 0.2) is 18.2 Å². The van der Waals surface area contributed by atoms with E-state index in [1.54, 1.807) is 25.1 Å². The number of hydrogen-bond donors (Lipinski definition) is 1. The van der Waals surface area contributed by atoms with E-state index in [2.05, 4.69) is 0 Å².